The Morgan fingerprint density at radius 2 is 1.30 bits per heavy atom. The number of rotatable bonds is 4. The van der Waals surface area contributed by atoms with Gasteiger partial charge in [-0.05, 0) is 64.5 Å². The van der Waals surface area contributed by atoms with Gasteiger partial charge in [-0.15, -0.1) is 0 Å². The second-order valence-electron chi connectivity index (χ2n) is 13.7. The predicted molar refractivity (Wildman–Crippen MR) is 163 cm³/mol. The van der Waals surface area contributed by atoms with Crippen molar-refractivity contribution in [1.29, 1.82) is 0 Å². The summed E-state index contributed by atoms with van der Waals surface area (Å²) in [5.74, 6) is -3.34. The molecule has 2 saturated carbocycles. The highest BCUT2D eigenvalue weighted by Gasteiger charge is 2.69. The zero-order valence-electron chi connectivity index (χ0n) is 24.3. The first kappa shape index (κ1) is 26.0. The molecule has 3 aromatic carbocycles. The topological polar surface area (TPSA) is 130 Å². The maximum absolute atomic E-state index is 14.6. The van der Waals surface area contributed by atoms with E-state index >= 15 is 0 Å². The first-order chi connectivity index (χ1) is 22.3. The predicted octanol–water partition coefficient (Wildman–Crippen LogP) is 4.18. The number of non-ortho nitro benzene ring substituents is 1. The van der Waals surface area contributed by atoms with Gasteiger partial charge in [0.15, 0.2) is 0 Å². The number of imide groups is 2. The molecule has 10 nitrogen and oxygen atoms in total. The number of allylic oxidation sites excluding steroid dienone is 2. The number of hydrogen-bond acceptors (Lipinski definition) is 7. The molecule has 46 heavy (non-hydrogen) atoms. The van der Waals surface area contributed by atoms with E-state index in [2.05, 4.69) is 12.2 Å². The van der Waals surface area contributed by atoms with Crippen molar-refractivity contribution in [2.24, 2.45) is 52.4 Å². The highest BCUT2D eigenvalue weighted by molar-refractivity contribution is 6.25. The van der Waals surface area contributed by atoms with E-state index in [0.717, 1.165) is 38.6 Å². The average Bonchev–Trinajstić information content (AvgIpc) is 3.81. The van der Waals surface area contributed by atoms with Crippen LogP contribution < -0.4 is 4.90 Å². The van der Waals surface area contributed by atoms with E-state index < -0.39 is 51.7 Å². The van der Waals surface area contributed by atoms with Crippen molar-refractivity contribution >= 4 is 41.2 Å². The normalized spacial score (nSPS) is 37.0. The quantitative estimate of drug-likeness (QED) is 0.143. The van der Waals surface area contributed by atoms with Crippen LogP contribution in [-0.2, 0) is 24.6 Å². The Morgan fingerprint density at radius 3 is 1.87 bits per heavy atom. The summed E-state index contributed by atoms with van der Waals surface area (Å²) < 4.78 is 0. The summed E-state index contributed by atoms with van der Waals surface area (Å²) >= 11 is 0. The van der Waals surface area contributed by atoms with Gasteiger partial charge in [-0.2, -0.15) is 10.1 Å². The maximum Gasteiger partial charge on any atom is 0.269 e. The van der Waals surface area contributed by atoms with Crippen LogP contribution in [0, 0.1) is 57.5 Å². The van der Waals surface area contributed by atoms with Crippen molar-refractivity contribution in [3.05, 3.63) is 117 Å². The van der Waals surface area contributed by atoms with Crippen LogP contribution in [-0.4, -0.2) is 39.8 Å². The number of carbonyl (C=O) groups excluding carboxylic acids is 4. The third-order valence-electron chi connectivity index (χ3n) is 12.0. The number of hydrazone groups is 1. The zero-order valence-corrected chi connectivity index (χ0v) is 24.3. The first-order valence-corrected chi connectivity index (χ1v) is 15.8. The molecule has 2 aliphatic heterocycles. The third kappa shape index (κ3) is 2.91. The Balaban J connectivity index is 1.14. The summed E-state index contributed by atoms with van der Waals surface area (Å²) in [5.41, 5.74) is 2.29. The van der Waals surface area contributed by atoms with E-state index in [1.54, 1.807) is 6.21 Å². The van der Waals surface area contributed by atoms with Gasteiger partial charge in [0, 0.05) is 24.3 Å². The number of nitro benzene ring substituents is 1. The van der Waals surface area contributed by atoms with Gasteiger partial charge in [-0.1, -0.05) is 60.7 Å². The molecule has 9 aliphatic rings. The Labute approximate surface area is 262 Å². The summed E-state index contributed by atoms with van der Waals surface area (Å²) in [6, 6.07) is 20.8. The van der Waals surface area contributed by atoms with E-state index in [-0.39, 0.29) is 35.0 Å². The van der Waals surface area contributed by atoms with Gasteiger partial charge >= 0.3 is 0 Å². The Kier molecular flexibility index (Phi) is 4.81. The molecule has 12 rings (SSSR count). The molecule has 226 valence electrons. The summed E-state index contributed by atoms with van der Waals surface area (Å²) in [6.45, 7) is 0. The van der Waals surface area contributed by atoms with Crippen molar-refractivity contribution in [1.82, 2.24) is 5.01 Å². The number of nitrogens with zero attached hydrogens (tertiary/aromatic N) is 4. The lowest BCUT2D eigenvalue weighted by molar-refractivity contribution is -0.384. The number of carbonyl (C=O) groups is 4. The van der Waals surface area contributed by atoms with Crippen LogP contribution in [0.15, 0.2) is 90.0 Å². The van der Waals surface area contributed by atoms with Gasteiger partial charge in [0.2, 0.25) is 11.8 Å². The van der Waals surface area contributed by atoms with Crippen LogP contribution in [0.2, 0.25) is 0 Å². The molecule has 7 aliphatic carbocycles. The lowest BCUT2D eigenvalue weighted by Crippen LogP contribution is -2.55. The lowest BCUT2D eigenvalue weighted by atomic mass is 9.47. The number of hydrogen-bond donors (Lipinski definition) is 0. The second-order valence-corrected chi connectivity index (χ2v) is 13.7. The number of benzene rings is 3. The highest BCUT2D eigenvalue weighted by atomic mass is 16.6. The third-order valence-corrected chi connectivity index (χ3v) is 12.0. The molecule has 10 heteroatoms. The Bertz CT molecular complexity index is 1950. The van der Waals surface area contributed by atoms with Crippen LogP contribution in [0.4, 0.5) is 11.4 Å². The molecule has 4 bridgehead atoms. The van der Waals surface area contributed by atoms with Crippen LogP contribution in [0.5, 0.6) is 0 Å². The van der Waals surface area contributed by atoms with E-state index in [9.17, 15) is 29.3 Å². The maximum atomic E-state index is 14.6. The lowest BCUT2D eigenvalue weighted by Gasteiger charge is -2.52. The molecule has 0 radical (unpaired) electrons. The summed E-state index contributed by atoms with van der Waals surface area (Å²) in [4.78, 5) is 68.7. The molecule has 2 heterocycles. The van der Waals surface area contributed by atoms with Gasteiger partial charge in [0.1, 0.15) is 0 Å². The fourth-order valence-electron chi connectivity index (χ4n) is 10.2. The number of anilines is 1. The molecule has 4 fully saturated rings. The van der Waals surface area contributed by atoms with E-state index in [0.29, 0.717) is 11.8 Å². The monoisotopic (exact) mass is 610 g/mol. The molecule has 8 atom stereocenters. The molecular formula is C36H26N4O6. The molecule has 0 aromatic heterocycles. The van der Waals surface area contributed by atoms with Gasteiger partial charge < -0.3 is 0 Å². The fourth-order valence-corrected chi connectivity index (χ4v) is 10.2. The number of nitro groups is 1. The minimum atomic E-state index is -1.25. The van der Waals surface area contributed by atoms with Gasteiger partial charge in [0.05, 0.1) is 39.7 Å². The van der Waals surface area contributed by atoms with Gasteiger partial charge in [0.25, 0.3) is 17.5 Å². The van der Waals surface area contributed by atoms with Gasteiger partial charge in [-0.3, -0.25) is 29.3 Å². The number of amides is 4. The molecule has 4 amide bonds. The minimum Gasteiger partial charge on any atom is -0.274 e. The largest absolute Gasteiger partial charge is 0.274 e. The molecule has 0 spiro atoms. The SMILES string of the molecule is O=C1[C@@H]2[C@H]3C=C[C@@H]([C@@H]4C[C@H]34)[C@@H]2C(=O)N1/N=C\C12c3ccccc3C(c3ccccc31)[C@H]1C(=O)N(c3ccc([N+](=O)[O-])cc3)C(=O)[C@@H]12. The first-order valence-electron chi connectivity index (χ1n) is 15.8. The van der Waals surface area contributed by atoms with Gasteiger partial charge in [-0.25, -0.2) is 4.90 Å². The molecular weight excluding hydrogens is 584 g/mol. The van der Waals surface area contributed by atoms with E-state index in [1.807, 2.05) is 48.5 Å². The van der Waals surface area contributed by atoms with Crippen molar-refractivity contribution in [2.75, 3.05) is 4.90 Å². The van der Waals surface area contributed by atoms with Crippen LogP contribution >= 0.6 is 0 Å². The van der Waals surface area contributed by atoms with Crippen molar-refractivity contribution in [2.45, 2.75) is 17.8 Å². The minimum absolute atomic E-state index is 0.0510. The van der Waals surface area contributed by atoms with Crippen molar-refractivity contribution < 1.29 is 24.1 Å². The Hall–Kier alpha value is -5.25. The van der Waals surface area contributed by atoms with Crippen LogP contribution in [0.3, 0.4) is 0 Å². The molecule has 3 aromatic rings. The smallest absolute Gasteiger partial charge is 0.269 e. The highest BCUT2D eigenvalue weighted by Crippen LogP contribution is 2.66. The summed E-state index contributed by atoms with van der Waals surface area (Å²) in [7, 11) is 0. The average molecular weight is 611 g/mol. The molecule has 0 unspecified atom stereocenters. The van der Waals surface area contributed by atoms with E-state index in [4.69, 9.17) is 5.10 Å². The fraction of sp³-hybridized carbons (Fsp3) is 0.306. The zero-order chi connectivity index (χ0) is 31.2. The molecule has 0 N–H and O–H groups in total. The van der Waals surface area contributed by atoms with Crippen LogP contribution in [0.25, 0.3) is 0 Å². The second kappa shape index (κ2) is 8.51. The van der Waals surface area contributed by atoms with E-state index in [1.165, 1.54) is 24.3 Å². The summed E-state index contributed by atoms with van der Waals surface area (Å²) in [6.07, 6.45) is 6.88. The molecule has 2 saturated heterocycles. The van der Waals surface area contributed by atoms with Crippen molar-refractivity contribution in [3.8, 4) is 0 Å². The Morgan fingerprint density at radius 1 is 0.739 bits per heavy atom. The van der Waals surface area contributed by atoms with Crippen LogP contribution in [0.1, 0.15) is 34.6 Å². The van der Waals surface area contributed by atoms with Crippen molar-refractivity contribution in [3.63, 3.8) is 0 Å². The standard InChI is InChI=1S/C36H26N4O6/c41-32-30-27-21-5-1-3-7-25(21)36(26-8-4-2-6-22(26)27,31(30)35(44)38(32)17-9-11-18(12-10-17)40(45)46)16-37-39-33(42)28-19-13-14-20(24-15-23(19)24)29(28)34(39)43/h1-14,16,19-20,23-24,27-31H,15H2/b37-16-/t19-,20-,23-,24+,27?,28-,29+,30+,31+,36?/m0/s1. The summed E-state index contributed by atoms with van der Waals surface area (Å²) in [5, 5.41) is 17.1.